The molecule has 21 heavy (non-hydrogen) atoms. The SMILES string of the molecule is CCNc1ccc(C(=O)NC2CCCC2SCC)c(C)c1. The molecule has 0 saturated heterocycles. The van der Waals surface area contributed by atoms with Crippen molar-refractivity contribution in [3.05, 3.63) is 29.3 Å². The number of amides is 1. The van der Waals surface area contributed by atoms with Crippen LogP contribution in [0, 0.1) is 6.92 Å². The van der Waals surface area contributed by atoms with E-state index >= 15 is 0 Å². The van der Waals surface area contributed by atoms with Crippen LogP contribution in [0.25, 0.3) is 0 Å². The monoisotopic (exact) mass is 306 g/mol. The van der Waals surface area contributed by atoms with Gasteiger partial charge in [0.2, 0.25) is 0 Å². The molecule has 1 aromatic rings. The summed E-state index contributed by atoms with van der Waals surface area (Å²) in [6.07, 6.45) is 3.56. The number of carbonyl (C=O) groups excluding carboxylic acids is 1. The summed E-state index contributed by atoms with van der Waals surface area (Å²) in [4.78, 5) is 12.5. The summed E-state index contributed by atoms with van der Waals surface area (Å²) in [5, 5.41) is 7.10. The maximum Gasteiger partial charge on any atom is 0.251 e. The Morgan fingerprint density at radius 2 is 2.14 bits per heavy atom. The van der Waals surface area contributed by atoms with Crippen molar-refractivity contribution in [2.45, 2.75) is 51.3 Å². The Balaban J connectivity index is 2.03. The van der Waals surface area contributed by atoms with Gasteiger partial charge in [0.05, 0.1) is 0 Å². The normalized spacial score (nSPS) is 21.3. The molecule has 2 N–H and O–H groups in total. The molecule has 1 aliphatic rings. The lowest BCUT2D eigenvalue weighted by atomic mass is 10.1. The number of nitrogens with one attached hydrogen (secondary N) is 2. The van der Waals surface area contributed by atoms with E-state index in [0.29, 0.717) is 11.3 Å². The van der Waals surface area contributed by atoms with E-state index in [1.54, 1.807) is 0 Å². The summed E-state index contributed by atoms with van der Waals surface area (Å²) < 4.78 is 0. The van der Waals surface area contributed by atoms with Gasteiger partial charge in [0.15, 0.2) is 0 Å². The fourth-order valence-electron chi connectivity index (χ4n) is 2.98. The number of aryl methyl sites for hydroxylation is 1. The van der Waals surface area contributed by atoms with Crippen LogP contribution in [0.5, 0.6) is 0 Å². The highest BCUT2D eigenvalue weighted by Gasteiger charge is 2.28. The molecule has 116 valence electrons. The summed E-state index contributed by atoms with van der Waals surface area (Å²) >= 11 is 1.97. The third-order valence-corrected chi connectivity index (χ3v) is 5.33. The lowest BCUT2D eigenvalue weighted by Gasteiger charge is -2.20. The third kappa shape index (κ3) is 4.16. The second kappa shape index (κ2) is 7.74. The second-order valence-corrected chi connectivity index (χ2v) is 7.08. The summed E-state index contributed by atoms with van der Waals surface area (Å²) in [6, 6.07) is 6.29. The molecule has 1 aliphatic carbocycles. The van der Waals surface area contributed by atoms with Gasteiger partial charge in [-0.1, -0.05) is 13.3 Å². The van der Waals surface area contributed by atoms with E-state index < -0.39 is 0 Å². The van der Waals surface area contributed by atoms with Crippen LogP contribution in [-0.4, -0.2) is 29.5 Å². The molecule has 0 bridgehead atoms. The Labute approximate surface area is 132 Å². The summed E-state index contributed by atoms with van der Waals surface area (Å²) in [5.74, 6) is 1.19. The van der Waals surface area contributed by atoms with E-state index in [1.807, 2.05) is 36.9 Å². The van der Waals surface area contributed by atoms with Gasteiger partial charge in [0.25, 0.3) is 5.91 Å². The lowest BCUT2D eigenvalue weighted by Crippen LogP contribution is -2.39. The van der Waals surface area contributed by atoms with Crippen LogP contribution >= 0.6 is 11.8 Å². The predicted octanol–water partition coefficient (Wildman–Crippen LogP) is 3.83. The minimum absolute atomic E-state index is 0.0733. The Morgan fingerprint density at radius 3 is 2.81 bits per heavy atom. The fourth-order valence-corrected chi connectivity index (χ4v) is 4.18. The van der Waals surface area contributed by atoms with Crippen LogP contribution in [0.4, 0.5) is 5.69 Å². The first-order valence-corrected chi connectivity index (χ1v) is 8.97. The van der Waals surface area contributed by atoms with E-state index in [4.69, 9.17) is 0 Å². The Bertz CT molecular complexity index is 490. The maximum atomic E-state index is 12.5. The average molecular weight is 306 g/mol. The molecule has 2 rings (SSSR count). The van der Waals surface area contributed by atoms with Crippen molar-refractivity contribution >= 4 is 23.4 Å². The summed E-state index contributed by atoms with van der Waals surface area (Å²) in [5.41, 5.74) is 2.90. The standard InChI is InChI=1S/C17H26N2OS/c1-4-18-13-9-10-14(12(3)11-13)17(20)19-15-7-6-8-16(15)21-5-2/h9-11,15-16,18H,4-8H2,1-3H3,(H,19,20). The molecular weight excluding hydrogens is 280 g/mol. The van der Waals surface area contributed by atoms with E-state index in [0.717, 1.165) is 35.5 Å². The largest absolute Gasteiger partial charge is 0.385 e. The first-order chi connectivity index (χ1) is 10.2. The van der Waals surface area contributed by atoms with Gasteiger partial charge in [-0.05, 0) is 56.2 Å². The first kappa shape index (κ1) is 16.2. The van der Waals surface area contributed by atoms with Crippen molar-refractivity contribution < 1.29 is 4.79 Å². The third-order valence-electron chi connectivity index (χ3n) is 4.00. The van der Waals surface area contributed by atoms with Gasteiger partial charge in [-0.15, -0.1) is 0 Å². The number of hydrogen-bond donors (Lipinski definition) is 2. The number of carbonyl (C=O) groups is 1. The molecule has 0 spiro atoms. The van der Waals surface area contributed by atoms with Crippen LogP contribution in [0.3, 0.4) is 0 Å². The average Bonchev–Trinajstić information content (AvgIpc) is 2.87. The Hall–Kier alpha value is -1.16. The summed E-state index contributed by atoms with van der Waals surface area (Å²) in [6.45, 7) is 7.15. The van der Waals surface area contributed by atoms with E-state index in [2.05, 4.69) is 24.5 Å². The van der Waals surface area contributed by atoms with Gasteiger partial charge < -0.3 is 10.6 Å². The van der Waals surface area contributed by atoms with Crippen molar-refractivity contribution in [3.63, 3.8) is 0 Å². The molecule has 1 fully saturated rings. The second-order valence-electron chi connectivity index (χ2n) is 5.56. The van der Waals surface area contributed by atoms with Gasteiger partial charge in [-0.2, -0.15) is 11.8 Å². The molecule has 1 amide bonds. The molecule has 0 aliphatic heterocycles. The molecule has 0 radical (unpaired) electrons. The van der Waals surface area contributed by atoms with Crippen LogP contribution in [0.15, 0.2) is 18.2 Å². The van der Waals surface area contributed by atoms with Crippen LogP contribution in [0.1, 0.15) is 49.0 Å². The van der Waals surface area contributed by atoms with Crippen molar-refractivity contribution in [1.82, 2.24) is 5.32 Å². The van der Waals surface area contributed by atoms with Crippen LogP contribution < -0.4 is 10.6 Å². The minimum atomic E-state index is 0.0733. The van der Waals surface area contributed by atoms with Gasteiger partial charge >= 0.3 is 0 Å². The van der Waals surface area contributed by atoms with Gasteiger partial charge in [0.1, 0.15) is 0 Å². The van der Waals surface area contributed by atoms with Crippen LogP contribution in [0.2, 0.25) is 0 Å². The van der Waals surface area contributed by atoms with Crippen LogP contribution in [-0.2, 0) is 0 Å². The highest BCUT2D eigenvalue weighted by atomic mass is 32.2. The van der Waals surface area contributed by atoms with Gasteiger partial charge in [-0.25, -0.2) is 0 Å². The zero-order valence-electron chi connectivity index (χ0n) is 13.2. The number of benzene rings is 1. The lowest BCUT2D eigenvalue weighted by molar-refractivity contribution is 0.0938. The quantitative estimate of drug-likeness (QED) is 0.839. The van der Waals surface area contributed by atoms with Crippen molar-refractivity contribution in [2.75, 3.05) is 17.6 Å². The zero-order chi connectivity index (χ0) is 15.2. The molecule has 0 heterocycles. The molecular formula is C17H26N2OS. The van der Waals surface area contributed by atoms with Gasteiger partial charge in [-0.3, -0.25) is 4.79 Å². The Kier molecular flexibility index (Phi) is 5.97. The Morgan fingerprint density at radius 1 is 1.33 bits per heavy atom. The van der Waals surface area contributed by atoms with Crippen molar-refractivity contribution in [1.29, 1.82) is 0 Å². The molecule has 4 heteroatoms. The fraction of sp³-hybridized carbons (Fsp3) is 0.588. The molecule has 1 saturated carbocycles. The van der Waals surface area contributed by atoms with E-state index in [-0.39, 0.29) is 5.91 Å². The van der Waals surface area contributed by atoms with Gasteiger partial charge in [0, 0.05) is 29.1 Å². The molecule has 0 aromatic heterocycles. The smallest absolute Gasteiger partial charge is 0.251 e. The number of anilines is 1. The number of thioether (sulfide) groups is 1. The minimum Gasteiger partial charge on any atom is -0.385 e. The number of hydrogen-bond acceptors (Lipinski definition) is 3. The highest BCUT2D eigenvalue weighted by molar-refractivity contribution is 7.99. The maximum absolute atomic E-state index is 12.5. The number of rotatable bonds is 6. The topological polar surface area (TPSA) is 41.1 Å². The first-order valence-electron chi connectivity index (χ1n) is 7.92. The van der Waals surface area contributed by atoms with Crippen molar-refractivity contribution in [2.24, 2.45) is 0 Å². The predicted molar refractivity (Wildman–Crippen MR) is 92.4 cm³/mol. The molecule has 3 nitrogen and oxygen atoms in total. The van der Waals surface area contributed by atoms with E-state index in [9.17, 15) is 4.79 Å². The zero-order valence-corrected chi connectivity index (χ0v) is 14.1. The highest BCUT2D eigenvalue weighted by Crippen LogP contribution is 2.30. The molecule has 2 unspecified atom stereocenters. The van der Waals surface area contributed by atoms with Crippen molar-refractivity contribution in [3.8, 4) is 0 Å². The molecule has 1 aromatic carbocycles. The summed E-state index contributed by atoms with van der Waals surface area (Å²) in [7, 11) is 0. The van der Waals surface area contributed by atoms with E-state index in [1.165, 1.54) is 12.8 Å². The molecule has 2 atom stereocenters.